The predicted octanol–water partition coefficient (Wildman–Crippen LogP) is 4.35. The van der Waals surface area contributed by atoms with Crippen molar-refractivity contribution in [1.82, 2.24) is 4.98 Å². The molecule has 0 saturated heterocycles. The molecule has 1 N–H and O–H groups in total. The third-order valence-corrected chi connectivity index (χ3v) is 3.99. The highest BCUT2D eigenvalue weighted by atomic mass is 32.1. The zero-order valence-electron chi connectivity index (χ0n) is 11.7. The summed E-state index contributed by atoms with van der Waals surface area (Å²) < 4.78 is 5.23. The second kappa shape index (κ2) is 6.41. The lowest BCUT2D eigenvalue weighted by molar-refractivity contribution is 0.414. The highest BCUT2D eigenvalue weighted by molar-refractivity contribution is 7.13. The summed E-state index contributed by atoms with van der Waals surface area (Å²) in [7, 11) is 1.68. The van der Waals surface area contributed by atoms with Crippen LogP contribution in [0, 0.1) is 0 Å². The predicted molar refractivity (Wildman–Crippen MR) is 87.0 cm³/mol. The van der Waals surface area contributed by atoms with Crippen molar-refractivity contribution in [3.63, 3.8) is 0 Å². The summed E-state index contributed by atoms with van der Waals surface area (Å²) in [6.07, 6.45) is 1.81. The van der Waals surface area contributed by atoms with E-state index in [0.717, 1.165) is 10.9 Å². The molecule has 3 nitrogen and oxygen atoms in total. The quantitative estimate of drug-likeness (QED) is 0.760. The smallest absolute Gasteiger partial charge is 0.183 e. The van der Waals surface area contributed by atoms with Gasteiger partial charge in [-0.05, 0) is 23.3 Å². The van der Waals surface area contributed by atoms with Gasteiger partial charge in [-0.2, -0.15) is 0 Å². The lowest BCUT2D eigenvalue weighted by Gasteiger charge is -2.19. The number of nitrogens with zero attached hydrogens (tertiary/aromatic N) is 1. The van der Waals surface area contributed by atoms with Gasteiger partial charge in [-0.1, -0.05) is 42.5 Å². The lowest BCUT2D eigenvalue weighted by atomic mass is 9.99. The van der Waals surface area contributed by atoms with Crippen LogP contribution in [-0.2, 0) is 0 Å². The molecule has 0 saturated carbocycles. The maximum atomic E-state index is 5.23. The lowest BCUT2D eigenvalue weighted by Crippen LogP contribution is -2.12. The summed E-state index contributed by atoms with van der Waals surface area (Å²) in [5.74, 6) is 0.861. The van der Waals surface area contributed by atoms with Gasteiger partial charge in [-0.3, -0.25) is 0 Å². The molecule has 0 aliphatic heterocycles. The minimum Gasteiger partial charge on any atom is -0.497 e. The van der Waals surface area contributed by atoms with Crippen molar-refractivity contribution in [2.75, 3.05) is 12.4 Å². The number of benzene rings is 2. The van der Waals surface area contributed by atoms with E-state index in [1.165, 1.54) is 11.1 Å². The van der Waals surface area contributed by atoms with Gasteiger partial charge in [0.15, 0.2) is 5.13 Å². The molecule has 3 aromatic rings. The molecule has 4 heteroatoms. The number of anilines is 1. The van der Waals surface area contributed by atoms with Crippen LogP contribution < -0.4 is 10.1 Å². The van der Waals surface area contributed by atoms with E-state index in [1.54, 1.807) is 18.4 Å². The molecule has 0 spiro atoms. The standard InChI is InChI=1S/C17H16N2OS/c1-20-15-9-7-14(8-10-15)16(13-5-3-2-4-6-13)19-17-18-11-12-21-17/h2-12,16H,1H3,(H,18,19). The highest BCUT2D eigenvalue weighted by Crippen LogP contribution is 2.28. The fraction of sp³-hybridized carbons (Fsp3) is 0.118. The summed E-state index contributed by atoms with van der Waals surface area (Å²) in [5.41, 5.74) is 2.38. The molecule has 0 amide bonds. The molecule has 2 aromatic carbocycles. The Labute approximate surface area is 128 Å². The van der Waals surface area contributed by atoms with Gasteiger partial charge in [0.1, 0.15) is 5.75 Å². The maximum absolute atomic E-state index is 5.23. The van der Waals surface area contributed by atoms with Crippen molar-refractivity contribution in [3.05, 3.63) is 77.3 Å². The molecule has 21 heavy (non-hydrogen) atoms. The zero-order chi connectivity index (χ0) is 14.5. The van der Waals surface area contributed by atoms with E-state index in [1.807, 2.05) is 29.8 Å². The monoisotopic (exact) mass is 296 g/mol. The number of hydrogen-bond donors (Lipinski definition) is 1. The van der Waals surface area contributed by atoms with Crippen molar-refractivity contribution in [1.29, 1.82) is 0 Å². The molecular formula is C17H16N2OS. The third-order valence-electron chi connectivity index (χ3n) is 3.28. The normalized spacial score (nSPS) is 11.9. The van der Waals surface area contributed by atoms with Gasteiger partial charge in [0.05, 0.1) is 13.2 Å². The van der Waals surface area contributed by atoms with Gasteiger partial charge in [0.2, 0.25) is 0 Å². The number of rotatable bonds is 5. The van der Waals surface area contributed by atoms with Gasteiger partial charge in [0.25, 0.3) is 0 Å². The first-order valence-corrected chi connectivity index (χ1v) is 7.60. The van der Waals surface area contributed by atoms with Crippen LogP contribution in [0.15, 0.2) is 66.2 Å². The average Bonchev–Trinajstić information content (AvgIpc) is 3.07. The molecule has 1 unspecified atom stereocenters. The summed E-state index contributed by atoms with van der Waals surface area (Å²) in [6, 6.07) is 18.6. The van der Waals surface area contributed by atoms with E-state index in [2.05, 4.69) is 46.7 Å². The third kappa shape index (κ3) is 3.23. The van der Waals surface area contributed by atoms with Gasteiger partial charge in [-0.15, -0.1) is 11.3 Å². The highest BCUT2D eigenvalue weighted by Gasteiger charge is 2.14. The van der Waals surface area contributed by atoms with Crippen LogP contribution >= 0.6 is 11.3 Å². The second-order valence-electron chi connectivity index (χ2n) is 4.60. The Morgan fingerprint density at radius 2 is 1.71 bits per heavy atom. The molecule has 0 bridgehead atoms. The van der Waals surface area contributed by atoms with E-state index < -0.39 is 0 Å². The van der Waals surface area contributed by atoms with Gasteiger partial charge in [-0.25, -0.2) is 4.98 Å². The topological polar surface area (TPSA) is 34.1 Å². The van der Waals surface area contributed by atoms with Crippen LogP contribution in [0.25, 0.3) is 0 Å². The molecule has 3 rings (SSSR count). The van der Waals surface area contributed by atoms with Crippen molar-refractivity contribution >= 4 is 16.5 Å². The van der Waals surface area contributed by atoms with Crippen LogP contribution in [0.4, 0.5) is 5.13 Å². The molecule has 0 aliphatic carbocycles. The molecule has 0 radical (unpaired) electrons. The maximum Gasteiger partial charge on any atom is 0.183 e. The van der Waals surface area contributed by atoms with E-state index >= 15 is 0 Å². The number of nitrogens with one attached hydrogen (secondary N) is 1. The fourth-order valence-electron chi connectivity index (χ4n) is 2.22. The Hall–Kier alpha value is -2.33. The largest absolute Gasteiger partial charge is 0.497 e. The van der Waals surface area contributed by atoms with Crippen molar-refractivity contribution < 1.29 is 4.74 Å². The van der Waals surface area contributed by atoms with Crippen molar-refractivity contribution in [2.24, 2.45) is 0 Å². The Bertz CT molecular complexity index is 666. The second-order valence-corrected chi connectivity index (χ2v) is 5.49. The number of methoxy groups -OCH3 is 1. The van der Waals surface area contributed by atoms with Crippen LogP contribution in [-0.4, -0.2) is 12.1 Å². The first kappa shape index (κ1) is 13.6. The number of hydrogen-bond acceptors (Lipinski definition) is 4. The summed E-state index contributed by atoms with van der Waals surface area (Å²) in [4.78, 5) is 4.32. The molecule has 0 fully saturated rings. The number of thiazole rings is 1. The summed E-state index contributed by atoms with van der Waals surface area (Å²) in [5, 5.41) is 6.38. The fourth-order valence-corrected chi connectivity index (χ4v) is 2.78. The van der Waals surface area contributed by atoms with E-state index in [9.17, 15) is 0 Å². The van der Waals surface area contributed by atoms with Gasteiger partial charge < -0.3 is 10.1 Å². The first-order valence-electron chi connectivity index (χ1n) is 6.72. The van der Waals surface area contributed by atoms with Gasteiger partial charge in [0, 0.05) is 11.6 Å². The molecule has 106 valence electrons. The molecule has 1 heterocycles. The number of aromatic nitrogens is 1. The van der Waals surface area contributed by atoms with E-state index in [0.29, 0.717) is 0 Å². The zero-order valence-corrected chi connectivity index (χ0v) is 12.5. The molecule has 0 aliphatic rings. The van der Waals surface area contributed by atoms with Crippen LogP contribution in [0.3, 0.4) is 0 Å². The van der Waals surface area contributed by atoms with E-state index in [-0.39, 0.29) is 6.04 Å². The Morgan fingerprint density at radius 1 is 1.00 bits per heavy atom. The Kier molecular flexibility index (Phi) is 4.17. The SMILES string of the molecule is COc1ccc(C(Nc2nccs2)c2ccccc2)cc1. The summed E-state index contributed by atoms with van der Waals surface area (Å²) in [6.45, 7) is 0. The van der Waals surface area contributed by atoms with Crippen LogP contribution in [0.2, 0.25) is 0 Å². The minimum absolute atomic E-state index is 0.0725. The van der Waals surface area contributed by atoms with Crippen LogP contribution in [0.5, 0.6) is 5.75 Å². The first-order chi connectivity index (χ1) is 10.4. The number of ether oxygens (including phenoxy) is 1. The molecular weight excluding hydrogens is 280 g/mol. The van der Waals surface area contributed by atoms with Crippen LogP contribution in [0.1, 0.15) is 17.2 Å². The minimum atomic E-state index is 0.0725. The van der Waals surface area contributed by atoms with E-state index in [4.69, 9.17) is 4.74 Å². The Morgan fingerprint density at radius 3 is 2.33 bits per heavy atom. The Balaban J connectivity index is 1.94. The summed E-state index contributed by atoms with van der Waals surface area (Å²) >= 11 is 1.60. The van der Waals surface area contributed by atoms with Gasteiger partial charge >= 0.3 is 0 Å². The average molecular weight is 296 g/mol. The molecule has 1 atom stereocenters. The van der Waals surface area contributed by atoms with Crippen molar-refractivity contribution in [3.8, 4) is 5.75 Å². The molecule has 1 aromatic heterocycles. The van der Waals surface area contributed by atoms with Crippen molar-refractivity contribution in [2.45, 2.75) is 6.04 Å².